The Kier molecular flexibility index (Phi) is 3.13. The zero-order valence-electron chi connectivity index (χ0n) is 10.7. The smallest absolute Gasteiger partial charge is 0.118 e. The summed E-state index contributed by atoms with van der Waals surface area (Å²) in [4.78, 5) is 0. The van der Waals surface area contributed by atoms with Crippen LogP contribution in [0.5, 0.6) is 5.75 Å². The van der Waals surface area contributed by atoms with Crippen molar-refractivity contribution in [3.63, 3.8) is 0 Å². The van der Waals surface area contributed by atoms with Crippen LogP contribution in [0.15, 0.2) is 12.1 Å². The minimum absolute atomic E-state index is 0.0881. The Labute approximate surface area is 93.1 Å². The molecular weight excluding hydrogens is 184 g/mol. The third-order valence-electron chi connectivity index (χ3n) is 2.80. The molecule has 0 heterocycles. The highest BCUT2D eigenvalue weighted by Crippen LogP contribution is 2.34. The van der Waals surface area contributed by atoms with E-state index in [1.54, 1.807) is 0 Å². The molecule has 0 aliphatic carbocycles. The fourth-order valence-electron chi connectivity index (χ4n) is 1.85. The molecule has 15 heavy (non-hydrogen) atoms. The average molecular weight is 206 g/mol. The molecule has 1 aromatic carbocycles. The summed E-state index contributed by atoms with van der Waals surface area (Å²) >= 11 is 0. The highest BCUT2D eigenvalue weighted by Gasteiger charge is 2.20. The Balaban J connectivity index is 3.42. The van der Waals surface area contributed by atoms with E-state index in [4.69, 9.17) is 0 Å². The second kappa shape index (κ2) is 3.88. The summed E-state index contributed by atoms with van der Waals surface area (Å²) in [7, 11) is 0. The summed E-state index contributed by atoms with van der Waals surface area (Å²) in [6.07, 6.45) is 0. The maximum absolute atomic E-state index is 9.77. The van der Waals surface area contributed by atoms with Gasteiger partial charge in [-0.3, -0.25) is 0 Å². The van der Waals surface area contributed by atoms with E-state index >= 15 is 0 Å². The molecule has 1 nitrogen and oxygen atoms in total. The van der Waals surface area contributed by atoms with Crippen molar-refractivity contribution in [3.05, 3.63) is 28.8 Å². The third-order valence-corrected chi connectivity index (χ3v) is 2.80. The van der Waals surface area contributed by atoms with Gasteiger partial charge in [-0.15, -0.1) is 0 Å². The lowest BCUT2D eigenvalue weighted by Crippen LogP contribution is -2.15. The van der Waals surface area contributed by atoms with Crippen molar-refractivity contribution in [2.75, 3.05) is 0 Å². The predicted molar refractivity (Wildman–Crippen MR) is 65.6 cm³/mol. The number of phenolic OH excluding ortho intramolecular Hbond substituents is 1. The molecule has 1 N–H and O–H groups in total. The fraction of sp³-hybridized carbons (Fsp3) is 0.571. The van der Waals surface area contributed by atoms with Crippen molar-refractivity contribution >= 4 is 0 Å². The number of aromatic hydroxyl groups is 1. The SMILES string of the molecule is Cc1cc(C(C)C)c(C(C)(C)C)cc1O. The average Bonchev–Trinajstić information content (AvgIpc) is 2.06. The Hall–Kier alpha value is -0.980. The Morgan fingerprint density at radius 1 is 1.13 bits per heavy atom. The van der Waals surface area contributed by atoms with Gasteiger partial charge in [0, 0.05) is 0 Å². The first-order valence-electron chi connectivity index (χ1n) is 5.57. The quantitative estimate of drug-likeness (QED) is 0.732. The van der Waals surface area contributed by atoms with Crippen LogP contribution in [0.2, 0.25) is 0 Å². The second-order valence-electron chi connectivity index (χ2n) is 5.63. The van der Waals surface area contributed by atoms with Crippen molar-refractivity contribution in [2.45, 2.75) is 52.9 Å². The molecule has 0 fully saturated rings. The van der Waals surface area contributed by atoms with E-state index < -0.39 is 0 Å². The van der Waals surface area contributed by atoms with Gasteiger partial charge < -0.3 is 5.11 Å². The number of aryl methyl sites for hydroxylation is 1. The number of rotatable bonds is 1. The topological polar surface area (TPSA) is 20.2 Å². The normalized spacial score (nSPS) is 12.2. The molecule has 1 aromatic rings. The van der Waals surface area contributed by atoms with Gasteiger partial charge in [-0.1, -0.05) is 40.7 Å². The predicted octanol–water partition coefficient (Wildman–Crippen LogP) is 4.12. The minimum Gasteiger partial charge on any atom is -0.508 e. The molecule has 0 saturated carbocycles. The molecule has 1 rings (SSSR count). The molecular formula is C14H22O. The molecule has 0 amide bonds. The van der Waals surface area contributed by atoms with Crippen molar-refractivity contribution in [2.24, 2.45) is 0 Å². The maximum Gasteiger partial charge on any atom is 0.118 e. The number of phenols is 1. The summed E-state index contributed by atoms with van der Waals surface area (Å²) in [5.74, 6) is 0.905. The van der Waals surface area contributed by atoms with E-state index in [0.29, 0.717) is 11.7 Å². The van der Waals surface area contributed by atoms with Gasteiger partial charge in [0.15, 0.2) is 0 Å². The number of hydrogen-bond acceptors (Lipinski definition) is 1. The van der Waals surface area contributed by atoms with E-state index in [2.05, 4.69) is 40.7 Å². The monoisotopic (exact) mass is 206 g/mol. The minimum atomic E-state index is 0.0881. The summed E-state index contributed by atoms with van der Waals surface area (Å²) in [6, 6.07) is 4.03. The molecule has 84 valence electrons. The van der Waals surface area contributed by atoms with E-state index in [-0.39, 0.29) is 5.41 Å². The largest absolute Gasteiger partial charge is 0.508 e. The van der Waals surface area contributed by atoms with Crippen LogP contribution in [0, 0.1) is 6.92 Å². The highest BCUT2D eigenvalue weighted by molar-refractivity contribution is 5.45. The zero-order valence-corrected chi connectivity index (χ0v) is 10.7. The summed E-state index contributed by atoms with van der Waals surface area (Å²) in [6.45, 7) is 12.9. The van der Waals surface area contributed by atoms with Crippen LogP contribution in [0.25, 0.3) is 0 Å². The van der Waals surface area contributed by atoms with E-state index in [0.717, 1.165) is 5.56 Å². The van der Waals surface area contributed by atoms with Gasteiger partial charge in [-0.05, 0) is 41.0 Å². The standard InChI is InChI=1S/C14H22O/c1-9(2)11-7-10(3)13(15)8-12(11)14(4,5)6/h7-9,15H,1-6H3. The lowest BCUT2D eigenvalue weighted by atomic mass is 9.80. The molecule has 0 spiro atoms. The van der Waals surface area contributed by atoms with Gasteiger partial charge in [-0.2, -0.15) is 0 Å². The fourth-order valence-corrected chi connectivity index (χ4v) is 1.85. The van der Waals surface area contributed by atoms with Gasteiger partial charge in [0.2, 0.25) is 0 Å². The molecule has 0 unspecified atom stereocenters. The Bertz CT molecular complexity index is 356. The number of hydrogen-bond donors (Lipinski definition) is 1. The molecule has 0 saturated heterocycles. The van der Waals surface area contributed by atoms with E-state index in [1.807, 2.05) is 13.0 Å². The first-order chi connectivity index (χ1) is 6.73. The molecule has 0 aromatic heterocycles. The van der Waals surface area contributed by atoms with Crippen molar-refractivity contribution < 1.29 is 5.11 Å². The lowest BCUT2D eigenvalue weighted by Gasteiger charge is -2.25. The molecule has 0 aliphatic rings. The van der Waals surface area contributed by atoms with E-state index in [9.17, 15) is 5.11 Å². The number of benzene rings is 1. The Morgan fingerprint density at radius 2 is 1.67 bits per heavy atom. The molecule has 1 heteroatoms. The van der Waals surface area contributed by atoms with Crippen molar-refractivity contribution in [3.8, 4) is 5.75 Å². The van der Waals surface area contributed by atoms with Gasteiger partial charge in [0.25, 0.3) is 0 Å². The van der Waals surface area contributed by atoms with Crippen LogP contribution in [-0.2, 0) is 5.41 Å². The van der Waals surface area contributed by atoms with Crippen LogP contribution < -0.4 is 0 Å². The van der Waals surface area contributed by atoms with Gasteiger partial charge in [0.05, 0.1) is 0 Å². The van der Waals surface area contributed by atoms with Gasteiger partial charge in [0.1, 0.15) is 5.75 Å². The first-order valence-corrected chi connectivity index (χ1v) is 5.57. The first kappa shape index (κ1) is 12.1. The maximum atomic E-state index is 9.77. The zero-order chi connectivity index (χ0) is 11.8. The van der Waals surface area contributed by atoms with Gasteiger partial charge in [-0.25, -0.2) is 0 Å². The van der Waals surface area contributed by atoms with Crippen LogP contribution in [0.4, 0.5) is 0 Å². The molecule has 0 bridgehead atoms. The van der Waals surface area contributed by atoms with Crippen LogP contribution >= 0.6 is 0 Å². The summed E-state index contributed by atoms with van der Waals surface area (Å²) in [5, 5.41) is 9.77. The van der Waals surface area contributed by atoms with Gasteiger partial charge >= 0.3 is 0 Å². The van der Waals surface area contributed by atoms with E-state index in [1.165, 1.54) is 11.1 Å². The summed E-state index contributed by atoms with van der Waals surface area (Å²) < 4.78 is 0. The third kappa shape index (κ3) is 2.53. The molecule has 0 atom stereocenters. The lowest BCUT2D eigenvalue weighted by molar-refractivity contribution is 0.465. The van der Waals surface area contributed by atoms with Crippen LogP contribution in [0.1, 0.15) is 57.2 Å². The molecule has 0 radical (unpaired) electrons. The van der Waals surface area contributed by atoms with Crippen molar-refractivity contribution in [1.29, 1.82) is 0 Å². The Morgan fingerprint density at radius 3 is 2.07 bits per heavy atom. The highest BCUT2D eigenvalue weighted by atomic mass is 16.3. The second-order valence-corrected chi connectivity index (χ2v) is 5.63. The summed E-state index contributed by atoms with van der Waals surface area (Å²) in [5.41, 5.74) is 3.65. The van der Waals surface area contributed by atoms with Crippen molar-refractivity contribution in [1.82, 2.24) is 0 Å². The van der Waals surface area contributed by atoms with Crippen LogP contribution in [0.3, 0.4) is 0 Å². The van der Waals surface area contributed by atoms with Crippen LogP contribution in [-0.4, -0.2) is 5.11 Å². The molecule has 0 aliphatic heterocycles.